The molecule has 3 aromatic carbocycles. The maximum absolute atomic E-state index is 13.0. The number of nitrogens with one attached hydrogen (secondary N) is 1. The number of rotatable bonds is 10. The lowest BCUT2D eigenvalue weighted by atomic mass is 10.0. The first-order valence-electron chi connectivity index (χ1n) is 12.6. The Bertz CT molecular complexity index is 1440. The highest BCUT2D eigenvalue weighted by atomic mass is 79.9. The van der Waals surface area contributed by atoms with E-state index in [9.17, 15) is 14.4 Å². The summed E-state index contributed by atoms with van der Waals surface area (Å²) in [7, 11) is 0. The molecule has 1 N–H and O–H groups in total. The van der Waals surface area contributed by atoms with E-state index in [2.05, 4.69) is 35.1 Å². The second-order valence-corrected chi connectivity index (χ2v) is 11.6. The Labute approximate surface area is 251 Å². The topological polar surface area (TPSA) is 84.9 Å². The van der Waals surface area contributed by atoms with Gasteiger partial charge in [0.25, 0.3) is 11.1 Å². The molecule has 40 heavy (non-hydrogen) atoms. The number of anilines is 1. The average molecular weight is 644 g/mol. The Balaban J connectivity index is 1.46. The smallest absolute Gasteiger partial charge is 0.294 e. The molecule has 1 saturated heterocycles. The fraction of sp³-hybridized carbons (Fsp3) is 0.233. The summed E-state index contributed by atoms with van der Waals surface area (Å²) >= 11 is 10.3. The van der Waals surface area contributed by atoms with Crippen LogP contribution in [0.4, 0.5) is 10.5 Å². The molecule has 3 amide bonds. The molecule has 0 atom stereocenters. The number of amides is 3. The number of thioether (sulfide) groups is 1. The third-order valence-corrected chi connectivity index (χ3v) is 7.71. The van der Waals surface area contributed by atoms with Crippen molar-refractivity contribution < 1.29 is 23.9 Å². The van der Waals surface area contributed by atoms with Gasteiger partial charge < -0.3 is 14.8 Å². The van der Waals surface area contributed by atoms with Crippen molar-refractivity contribution in [3.05, 3.63) is 91.8 Å². The third-order valence-electron chi connectivity index (χ3n) is 5.96. The van der Waals surface area contributed by atoms with Crippen molar-refractivity contribution in [2.24, 2.45) is 0 Å². The van der Waals surface area contributed by atoms with Crippen LogP contribution >= 0.6 is 39.3 Å². The van der Waals surface area contributed by atoms with Crippen molar-refractivity contribution in [1.82, 2.24) is 4.90 Å². The maximum Gasteiger partial charge on any atom is 0.294 e. The fourth-order valence-electron chi connectivity index (χ4n) is 3.89. The van der Waals surface area contributed by atoms with E-state index in [1.807, 2.05) is 31.2 Å². The molecule has 7 nitrogen and oxygen atoms in total. The molecule has 1 fully saturated rings. The second-order valence-electron chi connectivity index (χ2n) is 9.27. The van der Waals surface area contributed by atoms with Gasteiger partial charge >= 0.3 is 0 Å². The van der Waals surface area contributed by atoms with E-state index < -0.39 is 17.1 Å². The van der Waals surface area contributed by atoms with E-state index in [4.69, 9.17) is 21.1 Å². The van der Waals surface area contributed by atoms with Gasteiger partial charge in [-0.05, 0) is 99.7 Å². The van der Waals surface area contributed by atoms with Crippen LogP contribution in [0.5, 0.6) is 11.5 Å². The Morgan fingerprint density at radius 2 is 1.77 bits per heavy atom. The monoisotopic (exact) mass is 642 g/mol. The molecule has 0 radical (unpaired) electrons. The van der Waals surface area contributed by atoms with Gasteiger partial charge in [0, 0.05) is 10.7 Å². The van der Waals surface area contributed by atoms with Gasteiger partial charge in [0.1, 0.15) is 13.2 Å². The largest absolute Gasteiger partial charge is 0.490 e. The van der Waals surface area contributed by atoms with Crippen LogP contribution in [0.3, 0.4) is 0 Å². The van der Waals surface area contributed by atoms with Gasteiger partial charge in [0.15, 0.2) is 11.5 Å². The summed E-state index contributed by atoms with van der Waals surface area (Å²) in [5.41, 5.74) is 3.32. The van der Waals surface area contributed by atoms with Gasteiger partial charge in [-0.3, -0.25) is 19.3 Å². The number of carbonyl (C=O) groups excluding carboxylic acids is 3. The maximum atomic E-state index is 13.0. The summed E-state index contributed by atoms with van der Waals surface area (Å²) in [5.74, 6) is 0.386. The molecule has 0 bridgehead atoms. The molecule has 1 aliphatic rings. The van der Waals surface area contributed by atoms with Crippen molar-refractivity contribution in [2.45, 2.75) is 33.3 Å². The lowest BCUT2D eigenvalue weighted by molar-refractivity contribution is -0.127. The number of hydrogen-bond donors (Lipinski definition) is 1. The third kappa shape index (κ3) is 7.47. The average Bonchev–Trinajstić information content (AvgIpc) is 3.16. The fourth-order valence-corrected chi connectivity index (χ4v) is 5.43. The van der Waals surface area contributed by atoms with Crippen LogP contribution in [0.25, 0.3) is 6.08 Å². The molecule has 3 aromatic rings. The van der Waals surface area contributed by atoms with E-state index in [0.29, 0.717) is 51.4 Å². The van der Waals surface area contributed by atoms with Crippen LogP contribution in [0.1, 0.15) is 43.4 Å². The minimum atomic E-state index is -0.530. The molecule has 1 aliphatic heterocycles. The molecular formula is C30H28BrClN2O5S. The zero-order valence-electron chi connectivity index (χ0n) is 22.2. The van der Waals surface area contributed by atoms with Crippen LogP contribution in [0.15, 0.2) is 70.0 Å². The lowest BCUT2D eigenvalue weighted by Crippen LogP contribution is -2.36. The van der Waals surface area contributed by atoms with Crippen molar-refractivity contribution in [3.63, 3.8) is 0 Å². The Morgan fingerprint density at radius 3 is 2.42 bits per heavy atom. The molecule has 0 aliphatic carbocycles. The van der Waals surface area contributed by atoms with Crippen LogP contribution in [0.2, 0.25) is 5.02 Å². The summed E-state index contributed by atoms with van der Waals surface area (Å²) in [6, 6.07) is 18.3. The van der Waals surface area contributed by atoms with E-state index in [0.717, 1.165) is 27.8 Å². The molecule has 0 unspecified atom stereocenters. The zero-order valence-corrected chi connectivity index (χ0v) is 25.4. The van der Waals surface area contributed by atoms with Crippen LogP contribution in [-0.2, 0) is 16.2 Å². The van der Waals surface area contributed by atoms with E-state index in [-0.39, 0.29) is 11.4 Å². The zero-order chi connectivity index (χ0) is 28.8. The molecule has 10 heteroatoms. The SMILES string of the molecule is CCOc1cc(/C=C2/SC(=O)N(CC(=O)Nc3ccc(C(C)C)cc3)C2=O)cc(Br)c1OCc1ccc(Cl)cc1. The summed E-state index contributed by atoms with van der Waals surface area (Å²) in [6.07, 6.45) is 1.60. The van der Waals surface area contributed by atoms with E-state index >= 15 is 0 Å². The Kier molecular flexibility index (Phi) is 9.95. The van der Waals surface area contributed by atoms with Gasteiger partial charge in [0.05, 0.1) is 16.0 Å². The molecule has 208 valence electrons. The van der Waals surface area contributed by atoms with Gasteiger partial charge in [-0.25, -0.2) is 0 Å². The minimum Gasteiger partial charge on any atom is -0.490 e. The number of benzene rings is 3. The first kappa shape index (κ1) is 29.7. The van der Waals surface area contributed by atoms with Gasteiger partial charge in [-0.2, -0.15) is 0 Å². The molecule has 0 spiro atoms. The minimum absolute atomic E-state index is 0.211. The van der Waals surface area contributed by atoms with Crippen molar-refractivity contribution in [2.75, 3.05) is 18.5 Å². The van der Waals surface area contributed by atoms with Crippen LogP contribution < -0.4 is 14.8 Å². The normalized spacial score (nSPS) is 14.2. The van der Waals surface area contributed by atoms with Crippen molar-refractivity contribution in [1.29, 1.82) is 0 Å². The van der Waals surface area contributed by atoms with Gasteiger partial charge in [-0.1, -0.05) is 49.7 Å². The summed E-state index contributed by atoms with van der Waals surface area (Å²) in [5, 5.41) is 2.88. The number of halogens is 2. The van der Waals surface area contributed by atoms with Crippen molar-refractivity contribution >= 4 is 68.1 Å². The number of ether oxygens (including phenoxy) is 2. The number of imide groups is 1. The predicted molar refractivity (Wildman–Crippen MR) is 163 cm³/mol. The van der Waals surface area contributed by atoms with E-state index in [1.54, 1.807) is 42.5 Å². The van der Waals surface area contributed by atoms with Crippen molar-refractivity contribution in [3.8, 4) is 11.5 Å². The second kappa shape index (κ2) is 13.4. The highest BCUT2D eigenvalue weighted by molar-refractivity contribution is 9.10. The summed E-state index contributed by atoms with van der Waals surface area (Å²) < 4.78 is 12.5. The molecule has 4 rings (SSSR count). The quantitative estimate of drug-likeness (QED) is 0.226. The van der Waals surface area contributed by atoms with Gasteiger partial charge in [-0.15, -0.1) is 0 Å². The van der Waals surface area contributed by atoms with E-state index in [1.165, 1.54) is 0 Å². The first-order valence-corrected chi connectivity index (χ1v) is 14.6. The molecule has 1 heterocycles. The number of nitrogens with zero attached hydrogens (tertiary/aromatic N) is 1. The summed E-state index contributed by atoms with van der Waals surface area (Å²) in [4.78, 5) is 39.4. The summed E-state index contributed by atoms with van der Waals surface area (Å²) in [6.45, 7) is 6.36. The standard InChI is InChI=1S/C30H28BrClN2O5S/c1-4-38-25-14-20(13-24(31)28(25)39-17-19-5-9-22(32)10-6-19)15-26-29(36)34(30(37)40-26)16-27(35)33-23-11-7-21(8-12-23)18(2)3/h5-15,18H,4,16-17H2,1-3H3,(H,33,35)/b26-15+. The number of hydrogen-bond acceptors (Lipinski definition) is 6. The van der Waals surface area contributed by atoms with Crippen LogP contribution in [-0.4, -0.2) is 35.1 Å². The molecule has 0 saturated carbocycles. The Morgan fingerprint density at radius 1 is 1.07 bits per heavy atom. The molecule has 0 aromatic heterocycles. The van der Waals surface area contributed by atoms with Crippen LogP contribution in [0, 0.1) is 0 Å². The molecular weight excluding hydrogens is 616 g/mol. The van der Waals surface area contributed by atoms with Gasteiger partial charge in [0.2, 0.25) is 5.91 Å². The Hall–Kier alpha value is -3.27. The predicted octanol–water partition coefficient (Wildman–Crippen LogP) is 7.88. The number of carbonyl (C=O) groups is 3. The highest BCUT2D eigenvalue weighted by Gasteiger charge is 2.36. The highest BCUT2D eigenvalue weighted by Crippen LogP contribution is 2.39. The lowest BCUT2D eigenvalue weighted by Gasteiger charge is -2.15. The first-order chi connectivity index (χ1) is 19.1.